The van der Waals surface area contributed by atoms with Crippen molar-refractivity contribution in [2.24, 2.45) is 0 Å². The zero-order valence-corrected chi connectivity index (χ0v) is 15.6. The standard InChI is InChI=1S/C19H23ClN2O3/c1-13(19(23)21-16-8-6-15(20)7-9-16)22(2)12-14-5-10-17(24-3)18(11-14)25-4/h5-11,13H,12H2,1-4H3,(H,21,23). The maximum absolute atomic E-state index is 12.4. The van der Waals surface area contributed by atoms with E-state index in [1.54, 1.807) is 38.5 Å². The summed E-state index contributed by atoms with van der Waals surface area (Å²) in [5, 5.41) is 3.53. The Hall–Kier alpha value is -2.24. The quantitative estimate of drug-likeness (QED) is 0.813. The van der Waals surface area contributed by atoms with E-state index in [1.807, 2.05) is 37.1 Å². The zero-order valence-electron chi connectivity index (χ0n) is 14.9. The number of amides is 1. The molecule has 6 heteroatoms. The summed E-state index contributed by atoms with van der Waals surface area (Å²) < 4.78 is 10.6. The smallest absolute Gasteiger partial charge is 0.241 e. The van der Waals surface area contributed by atoms with Crippen molar-refractivity contribution in [3.63, 3.8) is 0 Å². The van der Waals surface area contributed by atoms with Crippen molar-refractivity contribution in [2.75, 3.05) is 26.6 Å². The van der Waals surface area contributed by atoms with Crippen LogP contribution in [-0.4, -0.2) is 38.1 Å². The van der Waals surface area contributed by atoms with E-state index in [0.717, 1.165) is 11.3 Å². The number of carbonyl (C=O) groups excluding carboxylic acids is 1. The van der Waals surface area contributed by atoms with Gasteiger partial charge in [0.25, 0.3) is 0 Å². The zero-order chi connectivity index (χ0) is 18.4. The predicted molar refractivity (Wildman–Crippen MR) is 101 cm³/mol. The number of anilines is 1. The number of nitrogens with zero attached hydrogens (tertiary/aromatic N) is 1. The molecule has 1 unspecified atom stereocenters. The minimum absolute atomic E-state index is 0.0784. The lowest BCUT2D eigenvalue weighted by molar-refractivity contribution is -0.120. The van der Waals surface area contributed by atoms with Gasteiger partial charge in [-0.2, -0.15) is 0 Å². The van der Waals surface area contributed by atoms with Gasteiger partial charge in [0.05, 0.1) is 20.3 Å². The van der Waals surface area contributed by atoms with Crippen LogP contribution in [0.1, 0.15) is 12.5 Å². The monoisotopic (exact) mass is 362 g/mol. The largest absolute Gasteiger partial charge is 0.493 e. The van der Waals surface area contributed by atoms with Crippen molar-refractivity contribution in [2.45, 2.75) is 19.5 Å². The molecule has 1 atom stereocenters. The van der Waals surface area contributed by atoms with Gasteiger partial charge >= 0.3 is 0 Å². The molecule has 0 aliphatic carbocycles. The molecule has 2 rings (SSSR count). The third-order valence-corrected chi connectivity index (χ3v) is 4.28. The van der Waals surface area contributed by atoms with Crippen molar-refractivity contribution >= 4 is 23.2 Å². The number of halogens is 1. The van der Waals surface area contributed by atoms with Crippen LogP contribution in [-0.2, 0) is 11.3 Å². The highest BCUT2D eigenvalue weighted by Crippen LogP contribution is 2.28. The number of methoxy groups -OCH3 is 2. The summed E-state index contributed by atoms with van der Waals surface area (Å²) in [5.74, 6) is 1.28. The van der Waals surface area contributed by atoms with Gasteiger partial charge < -0.3 is 14.8 Å². The Morgan fingerprint density at radius 1 is 1.12 bits per heavy atom. The second-order valence-electron chi connectivity index (χ2n) is 5.78. The molecule has 0 fully saturated rings. The molecule has 0 spiro atoms. The highest BCUT2D eigenvalue weighted by atomic mass is 35.5. The second kappa shape index (κ2) is 8.74. The van der Waals surface area contributed by atoms with Crippen LogP contribution in [0, 0.1) is 0 Å². The third kappa shape index (κ3) is 5.11. The summed E-state index contributed by atoms with van der Waals surface area (Å²) in [6.07, 6.45) is 0. The maximum atomic E-state index is 12.4. The first-order valence-electron chi connectivity index (χ1n) is 7.92. The van der Waals surface area contributed by atoms with E-state index in [-0.39, 0.29) is 11.9 Å². The van der Waals surface area contributed by atoms with Crippen molar-refractivity contribution < 1.29 is 14.3 Å². The summed E-state index contributed by atoms with van der Waals surface area (Å²) in [6.45, 7) is 2.47. The highest BCUT2D eigenvalue weighted by Gasteiger charge is 2.19. The van der Waals surface area contributed by atoms with E-state index < -0.39 is 0 Å². The number of hydrogen-bond acceptors (Lipinski definition) is 4. The molecule has 0 bridgehead atoms. The molecule has 2 aromatic rings. The molecule has 1 N–H and O–H groups in total. The minimum atomic E-state index is -0.302. The van der Waals surface area contributed by atoms with Crippen molar-refractivity contribution in [1.29, 1.82) is 0 Å². The fourth-order valence-electron chi connectivity index (χ4n) is 2.38. The summed E-state index contributed by atoms with van der Waals surface area (Å²) in [5.41, 5.74) is 1.76. The highest BCUT2D eigenvalue weighted by molar-refractivity contribution is 6.30. The lowest BCUT2D eigenvalue weighted by Crippen LogP contribution is -2.39. The molecule has 1 amide bonds. The topological polar surface area (TPSA) is 50.8 Å². The summed E-state index contributed by atoms with van der Waals surface area (Å²) in [6, 6.07) is 12.5. The van der Waals surface area contributed by atoms with Crippen LogP contribution < -0.4 is 14.8 Å². The van der Waals surface area contributed by atoms with E-state index in [2.05, 4.69) is 5.32 Å². The molecule has 0 aromatic heterocycles. The first-order chi connectivity index (χ1) is 11.9. The molecule has 2 aromatic carbocycles. The van der Waals surface area contributed by atoms with E-state index in [1.165, 1.54) is 0 Å². The maximum Gasteiger partial charge on any atom is 0.241 e. The van der Waals surface area contributed by atoms with E-state index >= 15 is 0 Å². The summed E-state index contributed by atoms with van der Waals surface area (Å²) in [4.78, 5) is 14.4. The van der Waals surface area contributed by atoms with Crippen molar-refractivity contribution in [1.82, 2.24) is 4.90 Å². The van der Waals surface area contributed by atoms with Gasteiger partial charge in [0.1, 0.15) is 0 Å². The van der Waals surface area contributed by atoms with Crippen LogP contribution in [0.2, 0.25) is 5.02 Å². The SMILES string of the molecule is COc1ccc(CN(C)C(C)C(=O)Nc2ccc(Cl)cc2)cc1OC. The van der Waals surface area contributed by atoms with Gasteiger partial charge in [-0.1, -0.05) is 17.7 Å². The van der Waals surface area contributed by atoms with Crippen molar-refractivity contribution in [3.8, 4) is 11.5 Å². The Morgan fingerprint density at radius 2 is 1.76 bits per heavy atom. The second-order valence-corrected chi connectivity index (χ2v) is 6.21. The summed E-state index contributed by atoms with van der Waals surface area (Å²) in [7, 11) is 5.11. The molecular weight excluding hydrogens is 340 g/mol. The Balaban J connectivity index is 2.00. The van der Waals surface area contributed by atoms with Crippen LogP contribution in [0.3, 0.4) is 0 Å². The third-order valence-electron chi connectivity index (χ3n) is 4.03. The van der Waals surface area contributed by atoms with Crippen LogP contribution >= 0.6 is 11.6 Å². The number of carbonyl (C=O) groups is 1. The average Bonchev–Trinajstić information content (AvgIpc) is 2.62. The molecule has 0 radical (unpaired) electrons. The average molecular weight is 363 g/mol. The Morgan fingerprint density at radius 3 is 2.36 bits per heavy atom. The first kappa shape index (κ1) is 19.1. The van der Waals surface area contributed by atoms with Crippen LogP contribution in [0.4, 0.5) is 5.69 Å². The van der Waals surface area contributed by atoms with Gasteiger partial charge in [0, 0.05) is 17.3 Å². The molecule has 134 valence electrons. The van der Waals surface area contributed by atoms with Gasteiger partial charge in [-0.05, 0) is 55.9 Å². The molecule has 0 aliphatic heterocycles. The van der Waals surface area contributed by atoms with Gasteiger partial charge in [-0.3, -0.25) is 9.69 Å². The lowest BCUT2D eigenvalue weighted by Gasteiger charge is -2.24. The molecule has 0 heterocycles. The number of likely N-dealkylation sites (N-methyl/N-ethyl adjacent to an activating group) is 1. The molecule has 5 nitrogen and oxygen atoms in total. The van der Waals surface area contributed by atoms with E-state index in [0.29, 0.717) is 23.1 Å². The van der Waals surface area contributed by atoms with Gasteiger partial charge in [0.2, 0.25) is 5.91 Å². The normalized spacial score (nSPS) is 11.9. The predicted octanol–water partition coefficient (Wildman–Crippen LogP) is 3.82. The number of rotatable bonds is 7. The number of hydrogen-bond donors (Lipinski definition) is 1. The lowest BCUT2D eigenvalue weighted by atomic mass is 10.1. The fraction of sp³-hybridized carbons (Fsp3) is 0.316. The van der Waals surface area contributed by atoms with Crippen LogP contribution in [0.5, 0.6) is 11.5 Å². The van der Waals surface area contributed by atoms with Gasteiger partial charge in [-0.25, -0.2) is 0 Å². The number of benzene rings is 2. The Bertz CT molecular complexity index is 719. The Kier molecular flexibility index (Phi) is 6.67. The molecule has 0 saturated heterocycles. The van der Waals surface area contributed by atoms with Crippen LogP contribution in [0.25, 0.3) is 0 Å². The van der Waals surface area contributed by atoms with E-state index in [4.69, 9.17) is 21.1 Å². The molecule has 25 heavy (non-hydrogen) atoms. The van der Waals surface area contributed by atoms with E-state index in [9.17, 15) is 4.79 Å². The van der Waals surface area contributed by atoms with Gasteiger partial charge in [-0.15, -0.1) is 0 Å². The molecular formula is C19H23ClN2O3. The molecule has 0 saturated carbocycles. The first-order valence-corrected chi connectivity index (χ1v) is 8.30. The Labute approximate surface area is 153 Å². The van der Waals surface area contributed by atoms with Crippen molar-refractivity contribution in [3.05, 3.63) is 53.1 Å². The fourth-order valence-corrected chi connectivity index (χ4v) is 2.51. The summed E-state index contributed by atoms with van der Waals surface area (Å²) >= 11 is 5.86. The van der Waals surface area contributed by atoms with Gasteiger partial charge in [0.15, 0.2) is 11.5 Å². The molecule has 0 aliphatic rings. The minimum Gasteiger partial charge on any atom is -0.493 e. The number of nitrogens with one attached hydrogen (secondary N) is 1. The number of ether oxygens (including phenoxy) is 2. The van der Waals surface area contributed by atoms with Crippen LogP contribution in [0.15, 0.2) is 42.5 Å².